The Morgan fingerprint density at radius 2 is 2.32 bits per heavy atom. The molecule has 2 unspecified atom stereocenters. The molecule has 0 N–H and O–H groups in total. The van der Waals surface area contributed by atoms with E-state index in [4.69, 9.17) is 4.74 Å². The van der Waals surface area contributed by atoms with E-state index in [0.717, 1.165) is 36.0 Å². The van der Waals surface area contributed by atoms with Crippen molar-refractivity contribution in [1.29, 1.82) is 0 Å². The number of carbonyl (C=O) groups excluding carboxylic acids is 1. The molecule has 0 spiro atoms. The van der Waals surface area contributed by atoms with Gasteiger partial charge in [0.25, 0.3) is 0 Å². The topological polar surface area (TPSA) is 29.5 Å². The number of fused-ring (bicyclic) bond motifs is 1. The van der Waals surface area contributed by atoms with Gasteiger partial charge < -0.3 is 4.74 Å². The molecule has 1 aliphatic carbocycles. The van der Waals surface area contributed by atoms with Gasteiger partial charge in [-0.1, -0.05) is 28.1 Å². The predicted molar refractivity (Wildman–Crippen MR) is 77.4 cm³/mol. The first-order chi connectivity index (χ1) is 9.24. The number of rotatable bonds is 3. The van der Waals surface area contributed by atoms with Crippen molar-refractivity contribution in [2.24, 2.45) is 0 Å². The Balaban J connectivity index is 1.69. The molecular weight excluding hydrogens is 306 g/mol. The van der Waals surface area contributed by atoms with Gasteiger partial charge in [-0.05, 0) is 31.4 Å². The first-order valence-electron chi connectivity index (χ1n) is 6.88. The van der Waals surface area contributed by atoms with Gasteiger partial charge in [0.05, 0.1) is 19.3 Å². The third-order valence-corrected chi connectivity index (χ3v) is 4.58. The number of nitrogens with zero attached hydrogens (tertiary/aromatic N) is 1. The second kappa shape index (κ2) is 5.73. The van der Waals surface area contributed by atoms with Gasteiger partial charge in [-0.25, -0.2) is 0 Å². The molecule has 0 radical (unpaired) electrons. The molecule has 0 bridgehead atoms. The summed E-state index contributed by atoms with van der Waals surface area (Å²) in [7, 11) is 0. The van der Waals surface area contributed by atoms with Crippen molar-refractivity contribution in [3.8, 4) is 0 Å². The lowest BCUT2D eigenvalue weighted by Gasteiger charge is -2.37. The van der Waals surface area contributed by atoms with Gasteiger partial charge in [0.1, 0.15) is 0 Å². The minimum atomic E-state index is 0.203. The summed E-state index contributed by atoms with van der Waals surface area (Å²) >= 11 is 3.41. The molecule has 1 aliphatic heterocycles. The third kappa shape index (κ3) is 2.91. The number of benzene rings is 1. The summed E-state index contributed by atoms with van der Waals surface area (Å²) in [5, 5.41) is 0. The summed E-state index contributed by atoms with van der Waals surface area (Å²) < 4.78 is 6.74. The number of Topliss-reactive ketones (excluding diaryl/α,β-unsaturated/α-hetero) is 1. The number of hydrogen-bond acceptors (Lipinski definition) is 3. The van der Waals surface area contributed by atoms with Gasteiger partial charge in [0.15, 0.2) is 5.78 Å². The monoisotopic (exact) mass is 323 g/mol. The highest BCUT2D eigenvalue weighted by Crippen LogP contribution is 2.29. The van der Waals surface area contributed by atoms with Crippen molar-refractivity contribution in [2.75, 3.05) is 19.7 Å². The minimum Gasteiger partial charge on any atom is -0.375 e. The molecule has 1 aromatic rings. The zero-order valence-corrected chi connectivity index (χ0v) is 12.4. The molecule has 2 fully saturated rings. The van der Waals surface area contributed by atoms with Crippen LogP contribution in [0.1, 0.15) is 29.6 Å². The molecule has 4 heteroatoms. The first-order valence-corrected chi connectivity index (χ1v) is 7.68. The van der Waals surface area contributed by atoms with Crippen LogP contribution >= 0.6 is 15.9 Å². The van der Waals surface area contributed by atoms with Crippen LogP contribution in [-0.4, -0.2) is 42.5 Å². The van der Waals surface area contributed by atoms with E-state index in [9.17, 15) is 4.79 Å². The fraction of sp³-hybridized carbons (Fsp3) is 0.533. The lowest BCUT2D eigenvalue weighted by molar-refractivity contribution is -0.0522. The minimum absolute atomic E-state index is 0.203. The molecule has 102 valence electrons. The van der Waals surface area contributed by atoms with Gasteiger partial charge in [-0.2, -0.15) is 0 Å². The van der Waals surface area contributed by atoms with E-state index in [1.807, 2.05) is 24.3 Å². The summed E-state index contributed by atoms with van der Waals surface area (Å²) in [6.07, 6.45) is 3.88. The van der Waals surface area contributed by atoms with Gasteiger partial charge in [-0.3, -0.25) is 9.69 Å². The molecule has 0 amide bonds. The van der Waals surface area contributed by atoms with Crippen LogP contribution in [0, 0.1) is 0 Å². The van der Waals surface area contributed by atoms with E-state index in [1.54, 1.807) is 0 Å². The van der Waals surface area contributed by atoms with E-state index in [0.29, 0.717) is 18.7 Å². The van der Waals surface area contributed by atoms with Crippen molar-refractivity contribution in [2.45, 2.75) is 31.4 Å². The zero-order chi connectivity index (χ0) is 13.2. The second-order valence-electron chi connectivity index (χ2n) is 5.31. The van der Waals surface area contributed by atoms with E-state index in [2.05, 4.69) is 20.8 Å². The third-order valence-electron chi connectivity index (χ3n) is 4.09. The van der Waals surface area contributed by atoms with Crippen LogP contribution in [0.5, 0.6) is 0 Å². The Morgan fingerprint density at radius 1 is 1.42 bits per heavy atom. The molecule has 1 heterocycles. The van der Waals surface area contributed by atoms with Crippen molar-refractivity contribution in [1.82, 2.24) is 4.90 Å². The smallest absolute Gasteiger partial charge is 0.176 e. The Hall–Kier alpha value is -0.710. The van der Waals surface area contributed by atoms with Crippen molar-refractivity contribution in [3.63, 3.8) is 0 Å². The highest BCUT2D eigenvalue weighted by molar-refractivity contribution is 9.10. The highest BCUT2D eigenvalue weighted by atomic mass is 79.9. The molecule has 1 aromatic carbocycles. The zero-order valence-electron chi connectivity index (χ0n) is 10.8. The van der Waals surface area contributed by atoms with Gasteiger partial charge in [-0.15, -0.1) is 0 Å². The number of morpholine rings is 1. The Labute approximate surface area is 122 Å². The van der Waals surface area contributed by atoms with Crippen LogP contribution in [0.2, 0.25) is 0 Å². The Morgan fingerprint density at radius 3 is 3.16 bits per heavy atom. The average Bonchev–Trinajstić information content (AvgIpc) is 2.88. The van der Waals surface area contributed by atoms with E-state index < -0.39 is 0 Å². The maximum atomic E-state index is 12.4. The Kier molecular flexibility index (Phi) is 4.01. The van der Waals surface area contributed by atoms with Crippen LogP contribution in [0.25, 0.3) is 0 Å². The van der Waals surface area contributed by atoms with Gasteiger partial charge in [0, 0.05) is 22.6 Å². The summed E-state index contributed by atoms with van der Waals surface area (Å²) in [6.45, 7) is 2.15. The van der Waals surface area contributed by atoms with E-state index in [1.165, 1.54) is 6.42 Å². The summed E-state index contributed by atoms with van der Waals surface area (Å²) in [5.74, 6) is 0.203. The number of ketones is 1. The molecule has 1 saturated heterocycles. The number of carbonyl (C=O) groups is 1. The Bertz CT molecular complexity index is 477. The van der Waals surface area contributed by atoms with Crippen molar-refractivity contribution in [3.05, 3.63) is 34.3 Å². The summed E-state index contributed by atoms with van der Waals surface area (Å²) in [4.78, 5) is 14.7. The summed E-state index contributed by atoms with van der Waals surface area (Å²) in [5.41, 5.74) is 0.787. The normalized spacial score (nSPS) is 27.2. The van der Waals surface area contributed by atoms with E-state index in [-0.39, 0.29) is 5.78 Å². The largest absolute Gasteiger partial charge is 0.375 e. The van der Waals surface area contributed by atoms with Crippen LogP contribution in [0.15, 0.2) is 28.7 Å². The maximum Gasteiger partial charge on any atom is 0.176 e. The quantitative estimate of drug-likeness (QED) is 0.801. The van der Waals surface area contributed by atoms with Gasteiger partial charge in [0.2, 0.25) is 0 Å². The van der Waals surface area contributed by atoms with Crippen LogP contribution < -0.4 is 0 Å². The van der Waals surface area contributed by atoms with Crippen molar-refractivity contribution >= 4 is 21.7 Å². The molecule has 19 heavy (non-hydrogen) atoms. The SMILES string of the molecule is O=C(CN1CCOC2CCCC21)c1cccc(Br)c1. The molecule has 3 rings (SSSR count). The fourth-order valence-electron chi connectivity index (χ4n) is 3.14. The maximum absolute atomic E-state index is 12.4. The molecular formula is C15H18BrNO2. The molecule has 2 aliphatic rings. The molecule has 3 nitrogen and oxygen atoms in total. The lowest BCUT2D eigenvalue weighted by atomic mass is 10.1. The standard InChI is InChI=1S/C15H18BrNO2/c16-12-4-1-3-11(9-12)14(18)10-17-7-8-19-15-6-2-5-13(15)17/h1,3-4,9,13,15H,2,5-8,10H2. The van der Waals surface area contributed by atoms with Crippen LogP contribution in [-0.2, 0) is 4.74 Å². The fourth-order valence-corrected chi connectivity index (χ4v) is 3.54. The van der Waals surface area contributed by atoms with Crippen LogP contribution in [0.3, 0.4) is 0 Å². The van der Waals surface area contributed by atoms with Crippen LogP contribution in [0.4, 0.5) is 0 Å². The first kappa shape index (κ1) is 13.3. The van der Waals surface area contributed by atoms with E-state index >= 15 is 0 Å². The predicted octanol–water partition coefficient (Wildman–Crippen LogP) is 2.89. The average molecular weight is 324 g/mol. The lowest BCUT2D eigenvalue weighted by Crippen LogP contribution is -2.50. The number of ether oxygens (including phenoxy) is 1. The molecule has 0 aromatic heterocycles. The van der Waals surface area contributed by atoms with Gasteiger partial charge >= 0.3 is 0 Å². The molecule has 1 saturated carbocycles. The highest BCUT2D eigenvalue weighted by Gasteiger charge is 2.36. The van der Waals surface area contributed by atoms with Crippen molar-refractivity contribution < 1.29 is 9.53 Å². The molecule has 2 atom stereocenters. The number of halogens is 1. The second-order valence-corrected chi connectivity index (χ2v) is 6.23. The number of hydrogen-bond donors (Lipinski definition) is 0. The summed E-state index contributed by atoms with van der Waals surface area (Å²) in [6, 6.07) is 8.09.